The van der Waals surface area contributed by atoms with Gasteiger partial charge in [0, 0.05) is 18.8 Å². The first-order valence-corrected chi connectivity index (χ1v) is 13.3. The summed E-state index contributed by atoms with van der Waals surface area (Å²) >= 11 is 0. The predicted octanol–water partition coefficient (Wildman–Crippen LogP) is 6.28. The van der Waals surface area contributed by atoms with Crippen LogP contribution < -0.4 is 0 Å². The number of ketones is 1. The highest BCUT2D eigenvalue weighted by molar-refractivity contribution is 5.87. The number of hydrogen-bond donors (Lipinski definition) is 1. The molecule has 3 aliphatic carbocycles. The Balaban J connectivity index is 1.77. The second kappa shape index (κ2) is 10.1. The Morgan fingerprint density at radius 1 is 1.03 bits per heavy atom. The van der Waals surface area contributed by atoms with Gasteiger partial charge < -0.3 is 9.84 Å². The molecule has 0 radical (unpaired) electrons. The number of carbonyl (C=O) groups excluding carboxylic acids is 2. The van der Waals surface area contributed by atoms with Gasteiger partial charge in [0.2, 0.25) is 0 Å². The molecule has 0 aliphatic heterocycles. The van der Waals surface area contributed by atoms with E-state index < -0.39 is 17.3 Å². The summed E-state index contributed by atoms with van der Waals surface area (Å²) in [5.74, 6) is 0.461. The van der Waals surface area contributed by atoms with Gasteiger partial charge in [0.1, 0.15) is 11.9 Å². The van der Waals surface area contributed by atoms with Crippen molar-refractivity contribution in [1.29, 1.82) is 0 Å². The summed E-state index contributed by atoms with van der Waals surface area (Å²) in [6.07, 6.45) is 8.73. The number of aliphatic carboxylic acids is 1. The van der Waals surface area contributed by atoms with Crippen molar-refractivity contribution in [3.8, 4) is 0 Å². The van der Waals surface area contributed by atoms with Crippen LogP contribution in [0.5, 0.6) is 0 Å². The van der Waals surface area contributed by atoms with Crippen LogP contribution in [0.15, 0.2) is 0 Å². The maximum Gasteiger partial charge on any atom is 0.307 e. The number of fused-ring (bicyclic) bond motifs is 1. The zero-order valence-electron chi connectivity index (χ0n) is 21.7. The Hall–Kier alpha value is -1.39. The Morgan fingerprint density at radius 2 is 1.73 bits per heavy atom. The molecule has 0 saturated heterocycles. The lowest BCUT2D eigenvalue weighted by atomic mass is 9.50. The van der Waals surface area contributed by atoms with Crippen LogP contribution in [0.4, 0.5) is 0 Å². The molecule has 3 aliphatic rings. The van der Waals surface area contributed by atoms with Gasteiger partial charge in [0.15, 0.2) is 0 Å². The summed E-state index contributed by atoms with van der Waals surface area (Å²) in [5.41, 5.74) is -0.590. The minimum Gasteiger partial charge on any atom is -0.481 e. The fourth-order valence-electron chi connectivity index (χ4n) is 8.09. The van der Waals surface area contributed by atoms with E-state index in [2.05, 4.69) is 27.7 Å². The van der Waals surface area contributed by atoms with Gasteiger partial charge in [-0.2, -0.15) is 0 Å². The first-order valence-electron chi connectivity index (χ1n) is 13.3. The number of rotatable bonds is 8. The van der Waals surface area contributed by atoms with Gasteiger partial charge in [-0.1, -0.05) is 53.9 Å². The van der Waals surface area contributed by atoms with Gasteiger partial charge in [0.25, 0.3) is 0 Å². The standard InChI is InChI=1S/C28H46O5/c1-17(2)8-7-9-18(3)21-10-11-22-25(26(31)32)23(13-15-27(21,22)5)28(6)14-12-20(16-24(28)30)33-19(4)29/h17-18,20-23,25H,7-16H2,1-6H3,(H,31,32)/t18-,20+,21+,22+,23+,25-,27-,28-/m1/s1. The number of carboxylic acid groups (broad SMARTS) is 1. The van der Waals surface area contributed by atoms with E-state index in [-0.39, 0.29) is 41.5 Å². The molecule has 0 unspecified atom stereocenters. The van der Waals surface area contributed by atoms with E-state index in [0.29, 0.717) is 24.7 Å². The van der Waals surface area contributed by atoms with Crippen LogP contribution in [0.2, 0.25) is 0 Å². The van der Waals surface area contributed by atoms with Crippen LogP contribution in [0.1, 0.15) is 106 Å². The second-order valence-electron chi connectivity index (χ2n) is 12.4. The van der Waals surface area contributed by atoms with Crippen molar-refractivity contribution >= 4 is 17.7 Å². The highest BCUT2D eigenvalue weighted by Crippen LogP contribution is 2.64. The van der Waals surface area contributed by atoms with Crippen molar-refractivity contribution in [2.45, 2.75) is 112 Å². The van der Waals surface area contributed by atoms with Crippen molar-refractivity contribution in [1.82, 2.24) is 0 Å². The fourth-order valence-corrected chi connectivity index (χ4v) is 8.09. The van der Waals surface area contributed by atoms with E-state index in [1.54, 1.807) is 0 Å². The third-order valence-corrected chi connectivity index (χ3v) is 9.94. The Bertz CT molecular complexity index is 745. The monoisotopic (exact) mass is 462 g/mol. The molecule has 0 aromatic rings. The quantitative estimate of drug-likeness (QED) is 0.429. The number of ether oxygens (including phenoxy) is 1. The molecule has 1 N–H and O–H groups in total. The number of carboxylic acids is 1. The zero-order chi connectivity index (χ0) is 24.6. The van der Waals surface area contributed by atoms with Crippen molar-refractivity contribution in [2.75, 3.05) is 0 Å². The van der Waals surface area contributed by atoms with Crippen LogP contribution in [-0.4, -0.2) is 28.9 Å². The van der Waals surface area contributed by atoms with Gasteiger partial charge in [-0.05, 0) is 73.5 Å². The Morgan fingerprint density at radius 3 is 2.30 bits per heavy atom. The molecular formula is C28H46O5. The van der Waals surface area contributed by atoms with Gasteiger partial charge in [-0.15, -0.1) is 0 Å². The highest BCUT2D eigenvalue weighted by Gasteiger charge is 2.61. The molecule has 3 rings (SSSR count). The SMILES string of the molecule is CC(=O)O[C@H]1CC[C@](C)([C@H]2CC[C@@]3(C)[C@@H](CC[C@H]3[C@H](C)CCCC(C)C)[C@H]2C(=O)O)C(=O)C1. The molecule has 0 bridgehead atoms. The van der Waals surface area contributed by atoms with Gasteiger partial charge in [-0.25, -0.2) is 0 Å². The van der Waals surface area contributed by atoms with E-state index in [1.807, 2.05) is 6.92 Å². The summed E-state index contributed by atoms with van der Waals surface area (Å²) in [6, 6.07) is 0. The lowest BCUT2D eigenvalue weighted by Crippen LogP contribution is -2.54. The first-order chi connectivity index (χ1) is 15.4. The van der Waals surface area contributed by atoms with Crippen molar-refractivity contribution in [3.63, 3.8) is 0 Å². The number of hydrogen-bond acceptors (Lipinski definition) is 4. The lowest BCUT2D eigenvalue weighted by Gasteiger charge is -2.53. The predicted molar refractivity (Wildman–Crippen MR) is 129 cm³/mol. The molecule has 3 fully saturated rings. The Labute approximate surface area is 200 Å². The molecule has 5 heteroatoms. The summed E-state index contributed by atoms with van der Waals surface area (Å²) in [4.78, 5) is 37.4. The molecule has 33 heavy (non-hydrogen) atoms. The largest absolute Gasteiger partial charge is 0.481 e. The molecule has 8 atom stereocenters. The fraction of sp³-hybridized carbons (Fsp3) is 0.893. The van der Waals surface area contributed by atoms with E-state index in [4.69, 9.17) is 4.74 Å². The summed E-state index contributed by atoms with van der Waals surface area (Å²) < 4.78 is 5.31. The van der Waals surface area contributed by atoms with Crippen molar-refractivity contribution < 1.29 is 24.2 Å². The topological polar surface area (TPSA) is 80.7 Å². The molecule has 0 heterocycles. The second-order valence-corrected chi connectivity index (χ2v) is 12.4. The molecule has 0 amide bonds. The number of carbonyl (C=O) groups is 3. The van der Waals surface area contributed by atoms with Crippen LogP contribution in [0.25, 0.3) is 0 Å². The molecule has 0 aromatic heterocycles. The van der Waals surface area contributed by atoms with Gasteiger partial charge in [-0.3, -0.25) is 14.4 Å². The third kappa shape index (κ3) is 5.17. The average molecular weight is 463 g/mol. The van der Waals surface area contributed by atoms with Gasteiger partial charge in [0.05, 0.1) is 5.92 Å². The van der Waals surface area contributed by atoms with Crippen molar-refractivity contribution in [3.05, 3.63) is 0 Å². The molecule has 188 valence electrons. The van der Waals surface area contributed by atoms with Crippen molar-refractivity contribution in [2.24, 2.45) is 46.3 Å². The number of esters is 1. The van der Waals surface area contributed by atoms with Gasteiger partial charge >= 0.3 is 11.9 Å². The molecule has 3 saturated carbocycles. The molecule has 0 spiro atoms. The van der Waals surface area contributed by atoms with E-state index in [9.17, 15) is 19.5 Å². The molecular weight excluding hydrogens is 416 g/mol. The minimum absolute atomic E-state index is 0.0468. The third-order valence-electron chi connectivity index (χ3n) is 9.94. The van der Waals surface area contributed by atoms with E-state index in [0.717, 1.165) is 31.6 Å². The maximum atomic E-state index is 13.3. The summed E-state index contributed by atoms with van der Waals surface area (Å²) in [7, 11) is 0. The first kappa shape index (κ1) is 26.2. The number of Topliss-reactive ketones (excluding diaryl/α,β-unsaturated/α-hetero) is 1. The average Bonchev–Trinajstić information content (AvgIpc) is 3.06. The smallest absolute Gasteiger partial charge is 0.307 e. The van der Waals surface area contributed by atoms with Crippen LogP contribution >= 0.6 is 0 Å². The minimum atomic E-state index is -0.722. The summed E-state index contributed by atoms with van der Waals surface area (Å²) in [6.45, 7) is 12.6. The van der Waals surface area contributed by atoms with Crippen LogP contribution in [0, 0.1) is 46.3 Å². The van der Waals surface area contributed by atoms with E-state index in [1.165, 1.54) is 26.2 Å². The van der Waals surface area contributed by atoms with Crippen LogP contribution in [0.3, 0.4) is 0 Å². The molecule has 5 nitrogen and oxygen atoms in total. The van der Waals surface area contributed by atoms with Crippen LogP contribution in [-0.2, 0) is 19.1 Å². The molecule has 0 aromatic carbocycles. The maximum absolute atomic E-state index is 13.3. The normalized spacial score (nSPS) is 39.8. The summed E-state index contributed by atoms with van der Waals surface area (Å²) in [5, 5.41) is 10.4. The van der Waals surface area contributed by atoms with E-state index >= 15 is 0 Å². The Kier molecular flexibility index (Phi) is 8.01. The lowest BCUT2D eigenvalue weighted by molar-refractivity contribution is -0.165. The highest BCUT2D eigenvalue weighted by atomic mass is 16.5. The zero-order valence-corrected chi connectivity index (χ0v) is 21.7.